The van der Waals surface area contributed by atoms with Crippen molar-refractivity contribution in [1.29, 1.82) is 0 Å². The first-order valence-corrected chi connectivity index (χ1v) is 8.71. The lowest BCUT2D eigenvalue weighted by Crippen LogP contribution is -2.08. The van der Waals surface area contributed by atoms with Gasteiger partial charge in [-0.2, -0.15) is 4.98 Å². The second-order valence-electron chi connectivity index (χ2n) is 5.65. The van der Waals surface area contributed by atoms with E-state index in [0.717, 1.165) is 35.2 Å². The molecule has 0 amide bonds. The molecule has 6 heteroatoms. The topological polar surface area (TPSA) is 49.8 Å². The lowest BCUT2D eigenvalue weighted by atomic mass is 10.1. The zero-order chi connectivity index (χ0) is 17.6. The van der Waals surface area contributed by atoms with E-state index in [9.17, 15) is 0 Å². The van der Waals surface area contributed by atoms with Crippen molar-refractivity contribution in [2.45, 2.75) is 13.3 Å². The van der Waals surface area contributed by atoms with Gasteiger partial charge in [0.25, 0.3) is 0 Å². The Morgan fingerprint density at radius 1 is 0.880 bits per heavy atom. The molecule has 2 N–H and O–H groups in total. The molecule has 1 aromatic heterocycles. The molecule has 0 aliphatic rings. The van der Waals surface area contributed by atoms with Gasteiger partial charge < -0.3 is 10.6 Å². The first-order valence-electron chi connectivity index (χ1n) is 7.95. The minimum atomic E-state index is 0.552. The Labute approximate surface area is 157 Å². The zero-order valence-corrected chi connectivity index (χ0v) is 15.3. The van der Waals surface area contributed by atoms with Crippen LogP contribution in [0.2, 0.25) is 10.0 Å². The molecule has 0 fully saturated rings. The van der Waals surface area contributed by atoms with Crippen molar-refractivity contribution in [2.75, 3.05) is 17.2 Å². The Hall–Kier alpha value is -2.30. The predicted octanol–water partition coefficient (Wildman–Crippen LogP) is 5.49. The number of nitrogens with one attached hydrogen (secondary N) is 2. The Morgan fingerprint density at radius 2 is 1.52 bits per heavy atom. The highest BCUT2D eigenvalue weighted by molar-refractivity contribution is 6.30. The van der Waals surface area contributed by atoms with Crippen molar-refractivity contribution < 1.29 is 0 Å². The maximum atomic E-state index is 5.91. The molecule has 0 saturated heterocycles. The van der Waals surface area contributed by atoms with Gasteiger partial charge in [-0.1, -0.05) is 35.3 Å². The quantitative estimate of drug-likeness (QED) is 0.600. The Bertz CT molecular complexity index is 833. The van der Waals surface area contributed by atoms with Gasteiger partial charge in [0.1, 0.15) is 5.82 Å². The van der Waals surface area contributed by atoms with Crippen LogP contribution in [-0.4, -0.2) is 16.5 Å². The van der Waals surface area contributed by atoms with Gasteiger partial charge in [0, 0.05) is 34.0 Å². The van der Waals surface area contributed by atoms with Gasteiger partial charge in [-0.15, -0.1) is 0 Å². The molecule has 3 rings (SSSR count). The number of anilines is 3. The molecule has 0 aliphatic heterocycles. The first-order chi connectivity index (χ1) is 12.1. The highest BCUT2D eigenvalue weighted by atomic mass is 35.5. The normalized spacial score (nSPS) is 10.5. The highest BCUT2D eigenvalue weighted by Crippen LogP contribution is 2.18. The molecule has 128 valence electrons. The SMILES string of the molecule is Cc1cc(NCCc2ccc(Cl)cc2)nc(Nc2ccc(Cl)cc2)n1. The van der Waals surface area contributed by atoms with Gasteiger partial charge in [-0.3, -0.25) is 0 Å². The molecule has 0 saturated carbocycles. The van der Waals surface area contributed by atoms with Crippen LogP contribution in [0.3, 0.4) is 0 Å². The van der Waals surface area contributed by atoms with Gasteiger partial charge in [-0.05, 0) is 55.3 Å². The third kappa shape index (κ3) is 5.34. The van der Waals surface area contributed by atoms with Crippen LogP contribution in [0.4, 0.5) is 17.5 Å². The number of benzene rings is 2. The van der Waals surface area contributed by atoms with E-state index in [1.165, 1.54) is 5.56 Å². The molecule has 0 spiro atoms. The summed E-state index contributed by atoms with van der Waals surface area (Å²) in [6.07, 6.45) is 0.889. The Balaban J connectivity index is 1.62. The van der Waals surface area contributed by atoms with Crippen LogP contribution < -0.4 is 10.6 Å². The van der Waals surface area contributed by atoms with E-state index in [0.29, 0.717) is 11.0 Å². The summed E-state index contributed by atoms with van der Waals surface area (Å²) in [6.45, 7) is 2.72. The van der Waals surface area contributed by atoms with Gasteiger partial charge in [0.15, 0.2) is 0 Å². The Kier molecular flexibility index (Phi) is 5.74. The van der Waals surface area contributed by atoms with Crippen molar-refractivity contribution in [3.63, 3.8) is 0 Å². The molecule has 0 bridgehead atoms. The molecule has 1 heterocycles. The highest BCUT2D eigenvalue weighted by Gasteiger charge is 2.03. The van der Waals surface area contributed by atoms with E-state index in [1.54, 1.807) is 0 Å². The summed E-state index contributed by atoms with van der Waals surface area (Å²) in [4.78, 5) is 8.93. The fourth-order valence-electron chi connectivity index (χ4n) is 2.36. The lowest BCUT2D eigenvalue weighted by Gasteiger charge is -2.10. The average Bonchev–Trinajstić information content (AvgIpc) is 2.58. The second kappa shape index (κ2) is 8.19. The molecule has 0 aliphatic carbocycles. The summed E-state index contributed by atoms with van der Waals surface area (Å²) in [5.74, 6) is 1.34. The number of aromatic nitrogens is 2. The molecule has 3 aromatic rings. The molecule has 0 atom stereocenters. The number of rotatable bonds is 6. The number of hydrogen-bond donors (Lipinski definition) is 2. The number of hydrogen-bond acceptors (Lipinski definition) is 4. The molecule has 25 heavy (non-hydrogen) atoms. The molecule has 0 radical (unpaired) electrons. The van der Waals surface area contributed by atoms with Gasteiger partial charge >= 0.3 is 0 Å². The minimum absolute atomic E-state index is 0.552. The molecule has 2 aromatic carbocycles. The molecular weight excluding hydrogens is 355 g/mol. The van der Waals surface area contributed by atoms with Gasteiger partial charge in [0.2, 0.25) is 5.95 Å². The summed E-state index contributed by atoms with van der Waals surface area (Å²) >= 11 is 11.8. The minimum Gasteiger partial charge on any atom is -0.370 e. The molecule has 0 unspecified atom stereocenters. The van der Waals surface area contributed by atoms with Crippen molar-refractivity contribution in [2.24, 2.45) is 0 Å². The van der Waals surface area contributed by atoms with E-state index in [4.69, 9.17) is 23.2 Å². The van der Waals surface area contributed by atoms with Crippen LogP contribution in [-0.2, 0) is 6.42 Å². The maximum Gasteiger partial charge on any atom is 0.229 e. The fourth-order valence-corrected chi connectivity index (χ4v) is 2.62. The summed E-state index contributed by atoms with van der Waals surface area (Å²) in [5.41, 5.74) is 3.00. The third-order valence-electron chi connectivity index (χ3n) is 3.59. The van der Waals surface area contributed by atoms with Crippen LogP contribution in [0.15, 0.2) is 54.6 Å². The van der Waals surface area contributed by atoms with E-state index < -0.39 is 0 Å². The van der Waals surface area contributed by atoms with E-state index >= 15 is 0 Å². The molecular formula is C19H18Cl2N4. The fraction of sp³-hybridized carbons (Fsp3) is 0.158. The predicted molar refractivity (Wildman–Crippen MR) is 105 cm³/mol. The zero-order valence-electron chi connectivity index (χ0n) is 13.8. The van der Waals surface area contributed by atoms with E-state index in [1.807, 2.05) is 61.5 Å². The van der Waals surface area contributed by atoms with Crippen LogP contribution in [0.25, 0.3) is 0 Å². The summed E-state index contributed by atoms with van der Waals surface area (Å²) in [6, 6.07) is 17.2. The largest absolute Gasteiger partial charge is 0.370 e. The maximum absolute atomic E-state index is 5.91. The van der Waals surface area contributed by atoms with Crippen LogP contribution in [0.5, 0.6) is 0 Å². The second-order valence-corrected chi connectivity index (χ2v) is 6.53. The average molecular weight is 373 g/mol. The molecule has 4 nitrogen and oxygen atoms in total. The summed E-state index contributed by atoms with van der Waals surface area (Å²) < 4.78 is 0. The van der Waals surface area contributed by atoms with Crippen molar-refractivity contribution >= 4 is 40.7 Å². The smallest absolute Gasteiger partial charge is 0.229 e. The number of nitrogens with zero attached hydrogens (tertiary/aromatic N) is 2. The van der Waals surface area contributed by atoms with Gasteiger partial charge in [0.05, 0.1) is 0 Å². The van der Waals surface area contributed by atoms with E-state index in [-0.39, 0.29) is 0 Å². The third-order valence-corrected chi connectivity index (χ3v) is 4.09. The lowest BCUT2D eigenvalue weighted by molar-refractivity contribution is 0.995. The number of aryl methyl sites for hydroxylation is 1. The van der Waals surface area contributed by atoms with Crippen molar-refractivity contribution in [3.05, 3.63) is 75.9 Å². The summed E-state index contributed by atoms with van der Waals surface area (Å²) in [7, 11) is 0. The van der Waals surface area contributed by atoms with Crippen molar-refractivity contribution in [3.8, 4) is 0 Å². The van der Waals surface area contributed by atoms with Crippen LogP contribution in [0, 0.1) is 6.92 Å². The monoisotopic (exact) mass is 372 g/mol. The van der Waals surface area contributed by atoms with Gasteiger partial charge in [-0.25, -0.2) is 4.98 Å². The standard InChI is InChI=1S/C19H18Cl2N4/c1-13-12-18(22-11-10-14-2-4-15(20)5-3-14)25-19(23-13)24-17-8-6-16(21)7-9-17/h2-9,12H,10-11H2,1H3,(H2,22,23,24,25). The Morgan fingerprint density at radius 3 is 2.20 bits per heavy atom. The van der Waals surface area contributed by atoms with Crippen LogP contribution >= 0.6 is 23.2 Å². The first kappa shape index (κ1) is 17.5. The number of halogens is 2. The van der Waals surface area contributed by atoms with E-state index in [2.05, 4.69) is 20.6 Å². The summed E-state index contributed by atoms with van der Waals surface area (Å²) in [5, 5.41) is 7.98. The van der Waals surface area contributed by atoms with Crippen LogP contribution in [0.1, 0.15) is 11.3 Å². The van der Waals surface area contributed by atoms with Crippen molar-refractivity contribution in [1.82, 2.24) is 9.97 Å².